The van der Waals surface area contributed by atoms with Crippen LogP contribution in [0.2, 0.25) is 0 Å². The van der Waals surface area contributed by atoms with Crippen molar-refractivity contribution in [2.24, 2.45) is 5.41 Å². The van der Waals surface area contributed by atoms with Crippen LogP contribution in [0.1, 0.15) is 59.3 Å². The molecule has 1 heterocycles. The Kier molecular flexibility index (Phi) is 5.37. The molecule has 0 saturated carbocycles. The lowest BCUT2D eigenvalue weighted by molar-refractivity contribution is -0.150. The molecule has 19 heavy (non-hydrogen) atoms. The van der Waals surface area contributed by atoms with Crippen molar-refractivity contribution in [3.05, 3.63) is 0 Å². The van der Waals surface area contributed by atoms with Gasteiger partial charge in [0.15, 0.2) is 0 Å². The largest absolute Gasteiger partial charge is 0.480 e. The molecule has 4 heteroatoms. The van der Waals surface area contributed by atoms with Crippen molar-refractivity contribution in [2.75, 3.05) is 13.1 Å². The Morgan fingerprint density at radius 2 is 2.16 bits per heavy atom. The zero-order valence-electron chi connectivity index (χ0n) is 12.4. The van der Waals surface area contributed by atoms with E-state index in [0.717, 1.165) is 45.2 Å². The van der Waals surface area contributed by atoms with Gasteiger partial charge < -0.3 is 5.11 Å². The predicted octanol–water partition coefficient (Wildman–Crippen LogP) is 3.04. The van der Waals surface area contributed by atoms with Gasteiger partial charge in [-0.2, -0.15) is 5.26 Å². The summed E-state index contributed by atoms with van der Waals surface area (Å²) in [7, 11) is 0. The van der Waals surface area contributed by atoms with Crippen molar-refractivity contribution in [3.63, 3.8) is 0 Å². The number of carboxylic acid groups (broad SMARTS) is 1. The maximum Gasteiger partial charge on any atom is 0.324 e. The summed E-state index contributed by atoms with van der Waals surface area (Å²) in [5, 5.41) is 18.4. The maximum atomic E-state index is 11.5. The van der Waals surface area contributed by atoms with Gasteiger partial charge in [0.05, 0.1) is 11.5 Å². The van der Waals surface area contributed by atoms with Crippen molar-refractivity contribution >= 4 is 5.97 Å². The van der Waals surface area contributed by atoms with E-state index in [2.05, 4.69) is 11.0 Å². The molecule has 1 N–H and O–H groups in total. The van der Waals surface area contributed by atoms with Crippen LogP contribution in [-0.4, -0.2) is 34.6 Å². The number of carbonyl (C=O) groups is 1. The normalized spacial score (nSPS) is 24.3. The molecule has 1 aliphatic rings. The van der Waals surface area contributed by atoms with Gasteiger partial charge in [-0.15, -0.1) is 0 Å². The van der Waals surface area contributed by atoms with Crippen molar-refractivity contribution < 1.29 is 9.90 Å². The SMILES string of the molecule is CCC1(C(=O)O)CCCN1CCCCC(C)(C)C#N. The number of aliphatic carboxylic acids is 1. The predicted molar refractivity (Wildman–Crippen MR) is 74.7 cm³/mol. The summed E-state index contributed by atoms with van der Waals surface area (Å²) in [5.74, 6) is -0.676. The molecule has 0 radical (unpaired) electrons. The second-order valence-electron chi connectivity index (χ2n) is 6.23. The fourth-order valence-corrected chi connectivity index (χ4v) is 2.98. The monoisotopic (exact) mass is 266 g/mol. The van der Waals surface area contributed by atoms with E-state index in [4.69, 9.17) is 5.26 Å². The molecule has 108 valence electrons. The second kappa shape index (κ2) is 6.38. The molecule has 1 fully saturated rings. The topological polar surface area (TPSA) is 64.3 Å². The van der Waals surface area contributed by atoms with Crippen molar-refractivity contribution in [1.82, 2.24) is 4.90 Å². The number of unbranched alkanes of at least 4 members (excludes halogenated alkanes) is 1. The zero-order chi connectivity index (χ0) is 14.5. The first kappa shape index (κ1) is 16.0. The van der Waals surface area contributed by atoms with Gasteiger partial charge in [0.2, 0.25) is 0 Å². The minimum Gasteiger partial charge on any atom is -0.480 e. The van der Waals surface area contributed by atoms with Crippen molar-refractivity contribution in [3.8, 4) is 6.07 Å². The number of carboxylic acids is 1. The lowest BCUT2D eigenvalue weighted by Crippen LogP contribution is -2.50. The van der Waals surface area contributed by atoms with E-state index < -0.39 is 11.5 Å². The van der Waals surface area contributed by atoms with Crippen LogP contribution >= 0.6 is 0 Å². The number of hydrogen-bond donors (Lipinski definition) is 1. The van der Waals surface area contributed by atoms with E-state index in [1.807, 2.05) is 20.8 Å². The van der Waals surface area contributed by atoms with Crippen LogP contribution < -0.4 is 0 Å². The van der Waals surface area contributed by atoms with E-state index in [1.165, 1.54) is 0 Å². The summed E-state index contributed by atoms with van der Waals surface area (Å²) in [6.07, 6.45) is 5.25. The maximum absolute atomic E-state index is 11.5. The van der Waals surface area contributed by atoms with Gasteiger partial charge in [-0.25, -0.2) is 0 Å². The van der Waals surface area contributed by atoms with Gasteiger partial charge in [-0.3, -0.25) is 9.69 Å². The van der Waals surface area contributed by atoms with Crippen LogP contribution in [0.25, 0.3) is 0 Å². The highest BCUT2D eigenvalue weighted by molar-refractivity contribution is 5.79. The molecule has 1 saturated heterocycles. The molecule has 0 aromatic heterocycles. The van der Waals surface area contributed by atoms with Gasteiger partial charge >= 0.3 is 5.97 Å². The van der Waals surface area contributed by atoms with E-state index in [0.29, 0.717) is 6.42 Å². The third kappa shape index (κ3) is 3.70. The lowest BCUT2D eigenvalue weighted by atomic mass is 9.88. The third-order valence-corrected chi connectivity index (χ3v) is 4.39. The lowest BCUT2D eigenvalue weighted by Gasteiger charge is -2.34. The van der Waals surface area contributed by atoms with E-state index in [-0.39, 0.29) is 5.41 Å². The fraction of sp³-hybridized carbons (Fsp3) is 0.867. The summed E-state index contributed by atoms with van der Waals surface area (Å²) in [5.41, 5.74) is -0.898. The first-order chi connectivity index (χ1) is 8.88. The minimum atomic E-state index is -0.676. The Labute approximate surface area is 116 Å². The summed E-state index contributed by atoms with van der Waals surface area (Å²) in [6, 6.07) is 2.31. The molecule has 0 aromatic rings. The smallest absolute Gasteiger partial charge is 0.324 e. The summed E-state index contributed by atoms with van der Waals surface area (Å²) in [4.78, 5) is 13.7. The number of likely N-dealkylation sites (tertiary alicyclic amines) is 1. The molecule has 1 unspecified atom stereocenters. The molecule has 1 atom stereocenters. The van der Waals surface area contributed by atoms with E-state index in [9.17, 15) is 9.90 Å². The number of hydrogen-bond acceptors (Lipinski definition) is 3. The molecule has 1 aliphatic heterocycles. The molecule has 1 rings (SSSR count). The molecule has 0 bridgehead atoms. The van der Waals surface area contributed by atoms with Crippen LogP contribution in [0.4, 0.5) is 0 Å². The first-order valence-electron chi connectivity index (χ1n) is 7.28. The number of rotatable bonds is 7. The molecule has 0 aromatic carbocycles. The Balaban J connectivity index is 2.45. The third-order valence-electron chi connectivity index (χ3n) is 4.39. The Morgan fingerprint density at radius 3 is 2.68 bits per heavy atom. The Bertz CT molecular complexity index is 360. The van der Waals surface area contributed by atoms with Crippen molar-refractivity contribution in [2.45, 2.75) is 64.8 Å². The van der Waals surface area contributed by atoms with Crippen LogP contribution in [0.3, 0.4) is 0 Å². The summed E-state index contributed by atoms with van der Waals surface area (Å²) in [6.45, 7) is 7.60. The summed E-state index contributed by atoms with van der Waals surface area (Å²) < 4.78 is 0. The highest BCUT2D eigenvalue weighted by Crippen LogP contribution is 2.33. The summed E-state index contributed by atoms with van der Waals surface area (Å²) >= 11 is 0. The zero-order valence-corrected chi connectivity index (χ0v) is 12.4. The number of nitriles is 1. The van der Waals surface area contributed by atoms with Crippen LogP contribution in [0.15, 0.2) is 0 Å². The van der Waals surface area contributed by atoms with Gasteiger partial charge in [-0.05, 0) is 59.0 Å². The number of nitrogens with zero attached hydrogens (tertiary/aromatic N) is 2. The quantitative estimate of drug-likeness (QED) is 0.719. The minimum absolute atomic E-state index is 0.264. The molecule has 0 amide bonds. The highest BCUT2D eigenvalue weighted by atomic mass is 16.4. The van der Waals surface area contributed by atoms with E-state index >= 15 is 0 Å². The van der Waals surface area contributed by atoms with Gasteiger partial charge in [0, 0.05) is 0 Å². The van der Waals surface area contributed by atoms with E-state index in [1.54, 1.807) is 0 Å². The second-order valence-corrected chi connectivity index (χ2v) is 6.23. The van der Waals surface area contributed by atoms with Crippen LogP contribution in [-0.2, 0) is 4.79 Å². The average molecular weight is 266 g/mol. The van der Waals surface area contributed by atoms with Gasteiger partial charge in [-0.1, -0.05) is 13.3 Å². The molecular weight excluding hydrogens is 240 g/mol. The molecule has 0 spiro atoms. The average Bonchev–Trinajstić information content (AvgIpc) is 2.79. The standard InChI is InChI=1S/C15H26N2O2/c1-4-15(13(18)19)9-7-11-17(15)10-6-5-8-14(2,3)12-16/h4-11H2,1-3H3,(H,18,19). The molecule has 0 aliphatic carbocycles. The fourth-order valence-electron chi connectivity index (χ4n) is 2.98. The first-order valence-corrected chi connectivity index (χ1v) is 7.28. The van der Waals surface area contributed by atoms with Crippen molar-refractivity contribution in [1.29, 1.82) is 5.26 Å². The Hall–Kier alpha value is -1.08. The molecular formula is C15H26N2O2. The Morgan fingerprint density at radius 1 is 1.47 bits per heavy atom. The van der Waals surface area contributed by atoms with Gasteiger partial charge in [0.25, 0.3) is 0 Å². The van der Waals surface area contributed by atoms with Crippen LogP contribution in [0.5, 0.6) is 0 Å². The molecule has 4 nitrogen and oxygen atoms in total. The highest BCUT2D eigenvalue weighted by Gasteiger charge is 2.45. The van der Waals surface area contributed by atoms with Crippen LogP contribution in [0, 0.1) is 16.7 Å². The van der Waals surface area contributed by atoms with Gasteiger partial charge in [0.1, 0.15) is 5.54 Å².